The fourth-order valence-electron chi connectivity index (χ4n) is 2.00. The number of thiazole rings is 1. The third-order valence-corrected chi connectivity index (χ3v) is 4.12. The highest BCUT2D eigenvalue weighted by molar-refractivity contribution is 7.11. The molecule has 0 aromatic carbocycles. The number of hydrogen-bond donors (Lipinski definition) is 0. The monoisotopic (exact) mass is 300 g/mol. The van der Waals surface area contributed by atoms with E-state index in [0.717, 1.165) is 41.6 Å². The molecule has 2 nitrogen and oxygen atoms in total. The molecule has 0 unspecified atom stereocenters. The van der Waals surface area contributed by atoms with Gasteiger partial charge in [0.15, 0.2) is 0 Å². The van der Waals surface area contributed by atoms with Gasteiger partial charge >= 0.3 is 6.18 Å². The number of aryl methyl sites for hydroxylation is 4. The number of alkyl halides is 3. The zero-order valence-electron chi connectivity index (χ0n) is 11.3. The van der Waals surface area contributed by atoms with Crippen molar-refractivity contribution in [2.45, 2.75) is 39.3 Å². The maximum atomic E-state index is 12.4. The van der Waals surface area contributed by atoms with Gasteiger partial charge in [-0.2, -0.15) is 13.2 Å². The van der Waals surface area contributed by atoms with E-state index >= 15 is 0 Å². The molecule has 0 bridgehead atoms. The Labute approximate surface area is 119 Å². The molecule has 0 N–H and O–H groups in total. The van der Waals surface area contributed by atoms with Crippen LogP contribution in [0, 0.1) is 13.8 Å². The third-order valence-electron chi connectivity index (χ3n) is 2.98. The van der Waals surface area contributed by atoms with Crippen LogP contribution >= 0.6 is 11.3 Å². The normalized spacial score (nSPS) is 11.8. The summed E-state index contributed by atoms with van der Waals surface area (Å²) in [6.45, 7) is 3.96. The van der Waals surface area contributed by atoms with E-state index in [4.69, 9.17) is 0 Å². The van der Waals surface area contributed by atoms with Crippen LogP contribution in [-0.4, -0.2) is 9.97 Å². The highest BCUT2D eigenvalue weighted by Gasteiger charge is 2.31. The second-order valence-electron chi connectivity index (χ2n) is 4.64. The summed E-state index contributed by atoms with van der Waals surface area (Å²) in [5.74, 6) is 0. The topological polar surface area (TPSA) is 25.8 Å². The van der Waals surface area contributed by atoms with Crippen molar-refractivity contribution in [3.8, 4) is 0 Å². The molecule has 2 rings (SSSR count). The third kappa shape index (κ3) is 3.79. The van der Waals surface area contributed by atoms with E-state index in [1.807, 2.05) is 13.8 Å². The van der Waals surface area contributed by atoms with Crippen molar-refractivity contribution in [2.24, 2.45) is 0 Å². The summed E-state index contributed by atoms with van der Waals surface area (Å²) < 4.78 is 37.1. The van der Waals surface area contributed by atoms with Gasteiger partial charge in [-0.15, -0.1) is 11.3 Å². The number of aromatic nitrogens is 2. The minimum absolute atomic E-state index is 0.724. The molecule has 2 aromatic rings. The molecule has 0 spiro atoms. The van der Waals surface area contributed by atoms with E-state index in [0.29, 0.717) is 0 Å². The first-order valence-corrected chi connectivity index (χ1v) is 7.13. The van der Waals surface area contributed by atoms with Gasteiger partial charge in [0.25, 0.3) is 0 Å². The van der Waals surface area contributed by atoms with Crippen LogP contribution in [0.5, 0.6) is 0 Å². The van der Waals surface area contributed by atoms with Gasteiger partial charge in [0.1, 0.15) is 5.69 Å². The SMILES string of the molecule is Cc1nc(C)c(CCCc2ccc(C(F)(F)F)nc2)s1. The molecule has 2 aromatic heterocycles. The van der Waals surface area contributed by atoms with Gasteiger partial charge in [0, 0.05) is 11.1 Å². The summed E-state index contributed by atoms with van der Waals surface area (Å²) in [5, 5.41) is 1.05. The summed E-state index contributed by atoms with van der Waals surface area (Å²) in [5.41, 5.74) is 1.05. The molecule has 2 heterocycles. The van der Waals surface area contributed by atoms with Crippen molar-refractivity contribution in [2.75, 3.05) is 0 Å². The Morgan fingerprint density at radius 1 is 1.15 bits per heavy atom. The smallest absolute Gasteiger partial charge is 0.252 e. The van der Waals surface area contributed by atoms with Crippen molar-refractivity contribution in [3.63, 3.8) is 0 Å². The maximum absolute atomic E-state index is 12.4. The van der Waals surface area contributed by atoms with Gasteiger partial charge in [0.05, 0.1) is 10.7 Å². The average molecular weight is 300 g/mol. The maximum Gasteiger partial charge on any atom is 0.433 e. The molecule has 0 radical (unpaired) electrons. The standard InChI is InChI=1S/C14H15F3N2S/c1-9-12(20-10(2)19-9)5-3-4-11-6-7-13(18-8-11)14(15,16)17/h6-8H,3-5H2,1-2H3. The van der Waals surface area contributed by atoms with Gasteiger partial charge < -0.3 is 0 Å². The largest absolute Gasteiger partial charge is 0.433 e. The summed E-state index contributed by atoms with van der Waals surface area (Å²) in [6, 6.07) is 2.54. The lowest BCUT2D eigenvalue weighted by molar-refractivity contribution is -0.141. The first-order chi connectivity index (χ1) is 9.36. The molecule has 0 amide bonds. The molecule has 108 valence electrons. The molecule has 0 saturated carbocycles. The minimum Gasteiger partial charge on any atom is -0.252 e. The molecular weight excluding hydrogens is 285 g/mol. The summed E-state index contributed by atoms with van der Waals surface area (Å²) >= 11 is 1.68. The molecule has 6 heteroatoms. The molecule has 20 heavy (non-hydrogen) atoms. The Kier molecular flexibility index (Phi) is 4.42. The number of pyridine rings is 1. The van der Waals surface area contributed by atoms with Crippen molar-refractivity contribution >= 4 is 11.3 Å². The Bertz CT molecular complexity index is 573. The second-order valence-corrected chi connectivity index (χ2v) is 5.93. The van der Waals surface area contributed by atoms with Crippen LogP contribution in [0.1, 0.15) is 33.3 Å². The molecule has 0 aliphatic carbocycles. The second kappa shape index (κ2) is 5.91. The zero-order chi connectivity index (χ0) is 14.8. The Morgan fingerprint density at radius 3 is 2.40 bits per heavy atom. The van der Waals surface area contributed by atoms with Crippen LogP contribution < -0.4 is 0 Å². The van der Waals surface area contributed by atoms with Gasteiger partial charge in [-0.3, -0.25) is 4.98 Å². The van der Waals surface area contributed by atoms with Crippen LogP contribution in [0.4, 0.5) is 13.2 Å². The van der Waals surface area contributed by atoms with Crippen LogP contribution in [0.15, 0.2) is 18.3 Å². The predicted octanol–water partition coefficient (Wildman–Crippen LogP) is 4.35. The molecule has 0 aliphatic rings. The highest BCUT2D eigenvalue weighted by Crippen LogP contribution is 2.27. The van der Waals surface area contributed by atoms with E-state index in [1.165, 1.54) is 17.1 Å². The van der Waals surface area contributed by atoms with E-state index in [1.54, 1.807) is 11.3 Å². The summed E-state index contributed by atoms with van der Waals surface area (Å²) in [7, 11) is 0. The van der Waals surface area contributed by atoms with E-state index in [9.17, 15) is 13.2 Å². The van der Waals surface area contributed by atoms with E-state index < -0.39 is 11.9 Å². The predicted molar refractivity (Wildman–Crippen MR) is 72.9 cm³/mol. The van der Waals surface area contributed by atoms with Crippen molar-refractivity contribution in [3.05, 3.63) is 45.2 Å². The Hall–Kier alpha value is -1.43. The molecule has 0 saturated heterocycles. The summed E-state index contributed by atoms with van der Waals surface area (Å²) in [4.78, 5) is 9.07. The van der Waals surface area contributed by atoms with Crippen molar-refractivity contribution in [1.29, 1.82) is 0 Å². The first kappa shape index (κ1) is 15.0. The molecule has 0 fully saturated rings. The number of nitrogens with zero attached hydrogens (tertiary/aromatic N) is 2. The van der Waals surface area contributed by atoms with Crippen LogP contribution in [0.2, 0.25) is 0 Å². The lowest BCUT2D eigenvalue weighted by Gasteiger charge is -2.06. The van der Waals surface area contributed by atoms with Crippen LogP contribution in [0.25, 0.3) is 0 Å². The van der Waals surface area contributed by atoms with Gasteiger partial charge in [-0.05, 0) is 44.7 Å². The fraction of sp³-hybridized carbons (Fsp3) is 0.429. The van der Waals surface area contributed by atoms with Crippen molar-refractivity contribution < 1.29 is 13.2 Å². The first-order valence-electron chi connectivity index (χ1n) is 6.31. The van der Waals surface area contributed by atoms with Crippen LogP contribution in [0.3, 0.4) is 0 Å². The quantitative estimate of drug-likeness (QED) is 0.839. The lowest BCUT2D eigenvalue weighted by atomic mass is 10.1. The van der Waals surface area contributed by atoms with E-state index in [-0.39, 0.29) is 0 Å². The zero-order valence-corrected chi connectivity index (χ0v) is 12.1. The molecule has 0 aliphatic heterocycles. The average Bonchev–Trinajstić information content (AvgIpc) is 2.67. The minimum atomic E-state index is -4.37. The Balaban J connectivity index is 1.90. The fourth-order valence-corrected chi connectivity index (χ4v) is 2.98. The number of rotatable bonds is 4. The summed E-state index contributed by atoms with van der Waals surface area (Å²) in [6.07, 6.45) is -0.543. The number of halogens is 3. The van der Waals surface area contributed by atoms with Gasteiger partial charge in [0.2, 0.25) is 0 Å². The Morgan fingerprint density at radius 2 is 1.90 bits per heavy atom. The van der Waals surface area contributed by atoms with Crippen molar-refractivity contribution in [1.82, 2.24) is 9.97 Å². The lowest BCUT2D eigenvalue weighted by Crippen LogP contribution is -2.07. The van der Waals surface area contributed by atoms with Gasteiger partial charge in [-0.25, -0.2) is 4.98 Å². The van der Waals surface area contributed by atoms with Crippen LogP contribution in [-0.2, 0) is 19.0 Å². The van der Waals surface area contributed by atoms with E-state index in [2.05, 4.69) is 9.97 Å². The van der Waals surface area contributed by atoms with Gasteiger partial charge in [-0.1, -0.05) is 6.07 Å². The molecular formula is C14H15F3N2S. The highest BCUT2D eigenvalue weighted by atomic mass is 32.1. The number of hydrogen-bond acceptors (Lipinski definition) is 3. The molecule has 0 atom stereocenters.